The topological polar surface area (TPSA) is 15.8 Å². The largest absolute Gasteiger partial charge is 0.360 e. The van der Waals surface area contributed by atoms with Crippen LogP contribution in [0.5, 0.6) is 0 Å². The van der Waals surface area contributed by atoms with Crippen molar-refractivity contribution >= 4 is 22.6 Å². The highest BCUT2D eigenvalue weighted by molar-refractivity contribution is 14.1. The number of aromatic amines is 1. The maximum absolute atomic E-state index is 3.38. The van der Waals surface area contributed by atoms with Crippen molar-refractivity contribution < 1.29 is 0 Å². The number of benzene rings is 2. The van der Waals surface area contributed by atoms with Crippen molar-refractivity contribution in [3.63, 3.8) is 0 Å². The second-order valence-corrected chi connectivity index (χ2v) is 5.28. The Morgan fingerprint density at radius 3 is 1.89 bits per heavy atom. The third-order valence-corrected chi connectivity index (χ3v) is 3.81. The number of nitrogens with one attached hydrogen (secondary N) is 1. The fraction of sp³-hybridized carbons (Fsp3) is 0. The second kappa shape index (κ2) is 4.98. The van der Waals surface area contributed by atoms with E-state index in [0.717, 1.165) is 0 Å². The van der Waals surface area contributed by atoms with Gasteiger partial charge in [0.25, 0.3) is 0 Å². The molecule has 88 valence electrons. The Morgan fingerprint density at radius 2 is 1.28 bits per heavy atom. The van der Waals surface area contributed by atoms with Crippen LogP contribution < -0.4 is 0 Å². The van der Waals surface area contributed by atoms with Crippen LogP contribution in [0.4, 0.5) is 0 Å². The first-order valence-electron chi connectivity index (χ1n) is 5.84. The zero-order valence-electron chi connectivity index (χ0n) is 9.73. The standard InChI is InChI=1S/C16H12IN/c17-14-11-18-16(13-9-5-2-6-10-13)15(14)12-7-3-1-4-8-12/h1-11,18H. The van der Waals surface area contributed by atoms with Crippen molar-refractivity contribution in [2.75, 3.05) is 0 Å². The van der Waals surface area contributed by atoms with Gasteiger partial charge >= 0.3 is 0 Å². The maximum Gasteiger partial charge on any atom is 0.0544 e. The smallest absolute Gasteiger partial charge is 0.0544 e. The number of hydrogen-bond acceptors (Lipinski definition) is 0. The van der Waals surface area contributed by atoms with Crippen LogP contribution in [0.2, 0.25) is 0 Å². The lowest BCUT2D eigenvalue weighted by Gasteiger charge is -2.05. The highest BCUT2D eigenvalue weighted by Crippen LogP contribution is 2.34. The van der Waals surface area contributed by atoms with E-state index in [2.05, 4.69) is 82.3 Å². The summed E-state index contributed by atoms with van der Waals surface area (Å²) < 4.78 is 1.25. The molecule has 2 heteroatoms. The van der Waals surface area contributed by atoms with Crippen molar-refractivity contribution in [2.24, 2.45) is 0 Å². The molecule has 18 heavy (non-hydrogen) atoms. The Balaban J connectivity index is 2.19. The molecule has 1 nitrogen and oxygen atoms in total. The van der Waals surface area contributed by atoms with Gasteiger partial charge in [-0.2, -0.15) is 0 Å². The van der Waals surface area contributed by atoms with Gasteiger partial charge in [-0.1, -0.05) is 60.7 Å². The second-order valence-electron chi connectivity index (χ2n) is 4.12. The summed E-state index contributed by atoms with van der Waals surface area (Å²) in [5.74, 6) is 0. The molecule has 0 radical (unpaired) electrons. The van der Waals surface area contributed by atoms with E-state index in [9.17, 15) is 0 Å². The lowest BCUT2D eigenvalue weighted by Crippen LogP contribution is -1.83. The van der Waals surface area contributed by atoms with Gasteiger partial charge < -0.3 is 4.98 Å². The van der Waals surface area contributed by atoms with Gasteiger partial charge in [-0.05, 0) is 33.7 Å². The summed E-state index contributed by atoms with van der Waals surface area (Å²) in [6, 6.07) is 20.9. The van der Waals surface area contributed by atoms with Crippen LogP contribution in [0, 0.1) is 3.57 Å². The molecule has 0 atom stereocenters. The minimum atomic E-state index is 1.19. The van der Waals surface area contributed by atoms with Crippen molar-refractivity contribution in [2.45, 2.75) is 0 Å². The quantitative estimate of drug-likeness (QED) is 0.633. The van der Waals surface area contributed by atoms with Gasteiger partial charge in [0.1, 0.15) is 0 Å². The Hall–Kier alpha value is -1.55. The van der Waals surface area contributed by atoms with Crippen molar-refractivity contribution in [1.82, 2.24) is 4.98 Å². The summed E-state index contributed by atoms with van der Waals surface area (Å²) in [7, 11) is 0. The molecule has 0 saturated carbocycles. The zero-order chi connectivity index (χ0) is 12.4. The number of hydrogen-bond donors (Lipinski definition) is 1. The summed E-state index contributed by atoms with van der Waals surface area (Å²) in [6.07, 6.45) is 2.06. The summed E-state index contributed by atoms with van der Waals surface area (Å²) in [4.78, 5) is 3.38. The fourth-order valence-electron chi connectivity index (χ4n) is 2.12. The van der Waals surface area contributed by atoms with E-state index in [-0.39, 0.29) is 0 Å². The molecule has 0 amide bonds. The van der Waals surface area contributed by atoms with Gasteiger partial charge in [0.05, 0.1) is 5.69 Å². The number of aromatic nitrogens is 1. The lowest BCUT2D eigenvalue weighted by molar-refractivity contribution is 1.40. The summed E-state index contributed by atoms with van der Waals surface area (Å²) >= 11 is 2.38. The Kier molecular flexibility index (Phi) is 3.19. The molecule has 0 bridgehead atoms. The molecule has 0 saturated heterocycles. The molecule has 0 aliphatic rings. The first-order valence-corrected chi connectivity index (χ1v) is 6.92. The molecular formula is C16H12IN. The van der Waals surface area contributed by atoms with E-state index in [1.54, 1.807) is 0 Å². The van der Waals surface area contributed by atoms with Gasteiger partial charge in [0, 0.05) is 15.3 Å². The van der Waals surface area contributed by atoms with Gasteiger partial charge in [0.15, 0.2) is 0 Å². The van der Waals surface area contributed by atoms with Crippen molar-refractivity contribution in [3.05, 3.63) is 70.4 Å². The lowest BCUT2D eigenvalue weighted by atomic mass is 10.0. The number of H-pyrrole nitrogens is 1. The maximum atomic E-state index is 3.38. The SMILES string of the molecule is Ic1c[nH]c(-c2ccccc2)c1-c1ccccc1. The molecule has 0 aliphatic carbocycles. The summed E-state index contributed by atoms with van der Waals surface area (Å²) in [5, 5.41) is 0. The van der Waals surface area contributed by atoms with Crippen molar-refractivity contribution in [1.29, 1.82) is 0 Å². The third-order valence-electron chi connectivity index (χ3n) is 2.96. The fourth-order valence-corrected chi connectivity index (χ4v) is 2.86. The first kappa shape index (κ1) is 11.5. The van der Waals surface area contributed by atoms with Crippen molar-refractivity contribution in [3.8, 4) is 22.4 Å². The van der Waals surface area contributed by atoms with Crippen LogP contribution in [-0.4, -0.2) is 4.98 Å². The van der Waals surface area contributed by atoms with E-state index in [1.165, 1.54) is 26.0 Å². The van der Waals surface area contributed by atoms with Crippen LogP contribution in [0.15, 0.2) is 66.9 Å². The van der Waals surface area contributed by atoms with Gasteiger partial charge in [0.2, 0.25) is 0 Å². The summed E-state index contributed by atoms with van der Waals surface area (Å²) in [5.41, 5.74) is 4.94. The van der Waals surface area contributed by atoms with E-state index in [1.807, 2.05) is 12.1 Å². The van der Waals surface area contributed by atoms with E-state index < -0.39 is 0 Å². The van der Waals surface area contributed by atoms with Crippen LogP contribution in [0.1, 0.15) is 0 Å². The monoisotopic (exact) mass is 345 g/mol. The average Bonchev–Trinajstić information content (AvgIpc) is 2.83. The molecular weight excluding hydrogens is 333 g/mol. The highest BCUT2D eigenvalue weighted by atomic mass is 127. The minimum absolute atomic E-state index is 1.19. The highest BCUT2D eigenvalue weighted by Gasteiger charge is 2.12. The molecule has 0 fully saturated rings. The first-order chi connectivity index (χ1) is 8.86. The van der Waals surface area contributed by atoms with Crippen LogP contribution in [0.25, 0.3) is 22.4 Å². The average molecular weight is 345 g/mol. The zero-order valence-corrected chi connectivity index (χ0v) is 11.9. The molecule has 0 aliphatic heterocycles. The third kappa shape index (κ3) is 2.08. The minimum Gasteiger partial charge on any atom is -0.360 e. The predicted molar refractivity (Wildman–Crippen MR) is 84.4 cm³/mol. The Morgan fingerprint density at radius 1 is 0.722 bits per heavy atom. The molecule has 3 aromatic rings. The van der Waals surface area contributed by atoms with Gasteiger partial charge in [-0.15, -0.1) is 0 Å². The Bertz CT molecular complexity index is 641. The van der Waals surface area contributed by atoms with Gasteiger partial charge in [-0.3, -0.25) is 0 Å². The van der Waals surface area contributed by atoms with Crippen LogP contribution in [0.3, 0.4) is 0 Å². The molecule has 0 unspecified atom stereocenters. The number of rotatable bonds is 2. The van der Waals surface area contributed by atoms with Gasteiger partial charge in [-0.25, -0.2) is 0 Å². The molecule has 1 heterocycles. The molecule has 1 aromatic heterocycles. The molecule has 0 spiro atoms. The summed E-state index contributed by atoms with van der Waals surface area (Å²) in [6.45, 7) is 0. The van der Waals surface area contributed by atoms with Crippen LogP contribution in [-0.2, 0) is 0 Å². The molecule has 3 rings (SSSR count). The Labute approximate surface area is 120 Å². The normalized spacial score (nSPS) is 10.5. The van der Waals surface area contributed by atoms with E-state index >= 15 is 0 Å². The number of halogens is 1. The van der Waals surface area contributed by atoms with E-state index in [0.29, 0.717) is 0 Å². The molecule has 2 aromatic carbocycles. The molecule has 1 N–H and O–H groups in total. The van der Waals surface area contributed by atoms with E-state index in [4.69, 9.17) is 0 Å². The van der Waals surface area contributed by atoms with Crippen LogP contribution >= 0.6 is 22.6 Å². The predicted octanol–water partition coefficient (Wildman–Crippen LogP) is 4.95.